The number of carbonyl (C=O) groups excluding carboxylic acids is 2. The first-order valence-corrected chi connectivity index (χ1v) is 15.1. The van der Waals surface area contributed by atoms with Crippen molar-refractivity contribution >= 4 is 39.1 Å². The lowest BCUT2D eigenvalue weighted by atomic mass is 9.95. The molecule has 1 heterocycles. The molecule has 1 fully saturated rings. The third kappa shape index (κ3) is 6.91. The van der Waals surface area contributed by atoms with Gasteiger partial charge in [0.1, 0.15) is 25.8 Å². The van der Waals surface area contributed by atoms with Crippen LogP contribution in [-0.2, 0) is 26.2 Å². The summed E-state index contributed by atoms with van der Waals surface area (Å²) in [7, 11) is -3.86. The van der Waals surface area contributed by atoms with Crippen LogP contribution in [0.15, 0.2) is 42.5 Å². The molecule has 0 aromatic heterocycles. The van der Waals surface area contributed by atoms with Gasteiger partial charge in [-0.1, -0.05) is 49.1 Å². The zero-order chi connectivity index (χ0) is 27.3. The highest BCUT2D eigenvalue weighted by Crippen LogP contribution is 2.35. The fourth-order valence-electron chi connectivity index (χ4n) is 4.76. The Morgan fingerprint density at radius 1 is 1.05 bits per heavy atom. The lowest BCUT2D eigenvalue weighted by molar-refractivity contribution is -0.139. The second-order valence-corrected chi connectivity index (χ2v) is 12.0. The predicted octanol–water partition coefficient (Wildman–Crippen LogP) is 3.74. The Hall–Kier alpha value is -2.98. The summed E-state index contributed by atoms with van der Waals surface area (Å²) in [4.78, 5) is 28.4. The standard InChI is InChI=1S/C27H34ClN3O6S/c1-19(27(33)29-21-9-4-3-5-10-21)30(17-20-8-6-7-11-23(20)28)26(32)18-31(38(2,34)35)22-12-13-24-25(16-22)37-15-14-36-24/h6-8,11-13,16,19,21H,3-5,9-10,14-15,17-18H2,1-2H3,(H,29,33)/t19-/m0/s1. The molecule has 206 valence electrons. The molecule has 2 aromatic rings. The van der Waals surface area contributed by atoms with Gasteiger partial charge in [0.2, 0.25) is 21.8 Å². The van der Waals surface area contributed by atoms with Crippen LogP contribution in [-0.4, -0.2) is 63.2 Å². The van der Waals surface area contributed by atoms with Crippen LogP contribution in [0.25, 0.3) is 0 Å². The summed E-state index contributed by atoms with van der Waals surface area (Å²) in [6.45, 7) is 1.95. The van der Waals surface area contributed by atoms with Crippen LogP contribution >= 0.6 is 11.6 Å². The van der Waals surface area contributed by atoms with Gasteiger partial charge in [-0.25, -0.2) is 8.42 Å². The molecule has 0 bridgehead atoms. The summed E-state index contributed by atoms with van der Waals surface area (Å²) in [5, 5.41) is 3.53. The van der Waals surface area contributed by atoms with Crippen molar-refractivity contribution in [2.24, 2.45) is 0 Å². The Bertz CT molecular complexity index is 1270. The van der Waals surface area contributed by atoms with Crippen LogP contribution in [0, 0.1) is 0 Å². The van der Waals surface area contributed by atoms with Crippen LogP contribution in [0.3, 0.4) is 0 Å². The van der Waals surface area contributed by atoms with Gasteiger partial charge >= 0.3 is 0 Å². The number of anilines is 1. The smallest absolute Gasteiger partial charge is 0.244 e. The first kappa shape index (κ1) is 28.0. The maximum Gasteiger partial charge on any atom is 0.244 e. The third-order valence-electron chi connectivity index (χ3n) is 6.91. The molecule has 1 atom stereocenters. The van der Waals surface area contributed by atoms with Crippen molar-refractivity contribution < 1.29 is 27.5 Å². The van der Waals surface area contributed by atoms with Crippen molar-refractivity contribution in [3.05, 3.63) is 53.1 Å². The Morgan fingerprint density at radius 2 is 1.74 bits per heavy atom. The zero-order valence-electron chi connectivity index (χ0n) is 21.7. The number of ether oxygens (including phenoxy) is 2. The van der Waals surface area contributed by atoms with E-state index in [0.29, 0.717) is 35.3 Å². The van der Waals surface area contributed by atoms with E-state index in [1.54, 1.807) is 49.4 Å². The zero-order valence-corrected chi connectivity index (χ0v) is 23.3. The number of nitrogens with one attached hydrogen (secondary N) is 1. The van der Waals surface area contributed by atoms with E-state index in [2.05, 4.69) is 5.32 Å². The third-order valence-corrected chi connectivity index (χ3v) is 8.42. The summed E-state index contributed by atoms with van der Waals surface area (Å²) >= 11 is 6.38. The highest BCUT2D eigenvalue weighted by molar-refractivity contribution is 7.92. The normalized spacial score (nSPS) is 16.4. The lowest BCUT2D eigenvalue weighted by Gasteiger charge is -2.33. The molecule has 2 aliphatic rings. The molecule has 38 heavy (non-hydrogen) atoms. The minimum Gasteiger partial charge on any atom is -0.486 e. The fraction of sp³-hybridized carbons (Fsp3) is 0.481. The minimum absolute atomic E-state index is 0.0521. The summed E-state index contributed by atoms with van der Waals surface area (Å²) in [5.41, 5.74) is 0.923. The number of halogens is 1. The monoisotopic (exact) mass is 563 g/mol. The number of hydrogen-bond acceptors (Lipinski definition) is 6. The van der Waals surface area contributed by atoms with E-state index in [-0.39, 0.29) is 24.2 Å². The summed E-state index contributed by atoms with van der Waals surface area (Å²) in [5.74, 6) is 0.107. The van der Waals surface area contributed by atoms with Gasteiger partial charge in [0.15, 0.2) is 11.5 Å². The maximum absolute atomic E-state index is 13.8. The minimum atomic E-state index is -3.86. The molecule has 4 rings (SSSR count). The highest BCUT2D eigenvalue weighted by atomic mass is 35.5. The highest BCUT2D eigenvalue weighted by Gasteiger charge is 2.32. The van der Waals surface area contributed by atoms with Crippen LogP contribution < -0.4 is 19.1 Å². The molecule has 11 heteroatoms. The largest absolute Gasteiger partial charge is 0.486 e. The van der Waals surface area contributed by atoms with E-state index >= 15 is 0 Å². The number of sulfonamides is 1. The molecular formula is C27H34ClN3O6S. The molecular weight excluding hydrogens is 530 g/mol. The number of fused-ring (bicyclic) bond motifs is 1. The van der Waals surface area contributed by atoms with Crippen molar-refractivity contribution in [2.75, 3.05) is 30.3 Å². The topological polar surface area (TPSA) is 105 Å². The average Bonchev–Trinajstić information content (AvgIpc) is 2.90. The van der Waals surface area contributed by atoms with E-state index in [1.165, 1.54) is 4.90 Å². The lowest BCUT2D eigenvalue weighted by Crippen LogP contribution is -2.53. The number of nitrogens with zero attached hydrogens (tertiary/aromatic N) is 2. The van der Waals surface area contributed by atoms with Gasteiger partial charge in [0, 0.05) is 23.7 Å². The van der Waals surface area contributed by atoms with E-state index in [1.807, 2.05) is 0 Å². The van der Waals surface area contributed by atoms with Gasteiger partial charge < -0.3 is 19.7 Å². The molecule has 0 unspecified atom stereocenters. The Kier molecular flexibility index (Phi) is 9.04. The molecule has 0 radical (unpaired) electrons. The Labute approximate surface area is 229 Å². The van der Waals surface area contributed by atoms with Crippen molar-refractivity contribution in [3.8, 4) is 11.5 Å². The first-order valence-electron chi connectivity index (χ1n) is 12.8. The SMILES string of the molecule is C[C@@H](C(=O)NC1CCCCC1)N(Cc1ccccc1Cl)C(=O)CN(c1ccc2c(c1)OCCO2)S(C)(=O)=O. The molecule has 9 nitrogen and oxygen atoms in total. The van der Waals surface area contributed by atoms with Gasteiger partial charge in [-0.3, -0.25) is 13.9 Å². The number of rotatable bonds is 9. The Balaban J connectivity index is 1.60. The molecule has 2 aromatic carbocycles. The molecule has 0 spiro atoms. The van der Waals surface area contributed by atoms with Crippen LogP contribution in [0.1, 0.15) is 44.6 Å². The van der Waals surface area contributed by atoms with Gasteiger partial charge in [-0.15, -0.1) is 0 Å². The number of amides is 2. The molecule has 1 N–H and O–H groups in total. The molecule has 1 aliphatic heterocycles. The summed E-state index contributed by atoms with van der Waals surface area (Å²) in [6.07, 6.45) is 6.11. The quantitative estimate of drug-likeness (QED) is 0.498. The van der Waals surface area contributed by atoms with E-state index < -0.39 is 28.5 Å². The number of carbonyl (C=O) groups is 2. The van der Waals surface area contributed by atoms with Crippen molar-refractivity contribution in [2.45, 2.75) is 57.7 Å². The van der Waals surface area contributed by atoms with Gasteiger partial charge in [-0.05, 0) is 43.5 Å². The van der Waals surface area contributed by atoms with Gasteiger partial charge in [-0.2, -0.15) is 0 Å². The van der Waals surface area contributed by atoms with Crippen molar-refractivity contribution in [1.82, 2.24) is 10.2 Å². The molecule has 1 saturated carbocycles. The molecule has 0 saturated heterocycles. The second kappa shape index (κ2) is 12.3. The second-order valence-electron chi connectivity index (χ2n) is 9.73. The Morgan fingerprint density at radius 3 is 2.42 bits per heavy atom. The molecule has 2 amide bonds. The van der Waals surface area contributed by atoms with Gasteiger partial charge in [0.25, 0.3) is 0 Å². The van der Waals surface area contributed by atoms with Crippen LogP contribution in [0.4, 0.5) is 5.69 Å². The number of hydrogen-bond donors (Lipinski definition) is 1. The van der Waals surface area contributed by atoms with E-state index in [9.17, 15) is 18.0 Å². The molecule has 1 aliphatic carbocycles. The van der Waals surface area contributed by atoms with Crippen LogP contribution in [0.2, 0.25) is 5.02 Å². The van der Waals surface area contributed by atoms with Crippen LogP contribution in [0.5, 0.6) is 11.5 Å². The van der Waals surface area contributed by atoms with Crippen molar-refractivity contribution in [3.63, 3.8) is 0 Å². The van der Waals surface area contributed by atoms with Gasteiger partial charge in [0.05, 0.1) is 11.9 Å². The summed E-state index contributed by atoms with van der Waals surface area (Å²) in [6, 6.07) is 11.0. The predicted molar refractivity (Wildman–Crippen MR) is 146 cm³/mol. The van der Waals surface area contributed by atoms with E-state index in [4.69, 9.17) is 21.1 Å². The maximum atomic E-state index is 13.8. The average molecular weight is 564 g/mol. The first-order chi connectivity index (χ1) is 18.1. The fourth-order valence-corrected chi connectivity index (χ4v) is 5.80. The van der Waals surface area contributed by atoms with E-state index in [0.717, 1.165) is 42.7 Å². The van der Waals surface area contributed by atoms with Crippen molar-refractivity contribution in [1.29, 1.82) is 0 Å². The summed E-state index contributed by atoms with van der Waals surface area (Å²) < 4.78 is 37.8. The number of benzene rings is 2.